The normalized spacial score (nSPS) is 11.1. The minimum Gasteiger partial charge on any atom is -0.444 e. The van der Waals surface area contributed by atoms with Gasteiger partial charge in [0.1, 0.15) is 0 Å². The Hall–Kier alpha value is -0.0787. The molecule has 0 unspecified atom stereocenters. The molecule has 18 heavy (non-hydrogen) atoms. The Bertz CT molecular complexity index is 525. The minimum absolute atomic E-state index is 0. The molecule has 0 bridgehead atoms. The van der Waals surface area contributed by atoms with Gasteiger partial charge in [-0.3, -0.25) is 4.68 Å². The minimum atomic E-state index is -5.04. The first-order chi connectivity index (χ1) is 8.04. The molecule has 0 saturated carbocycles. The zero-order valence-corrected chi connectivity index (χ0v) is 13.4. The summed E-state index contributed by atoms with van der Waals surface area (Å²) in [5, 5.41) is 3.77. The van der Waals surface area contributed by atoms with Gasteiger partial charge in [-0.25, -0.2) is 0 Å². The molecule has 0 aliphatic heterocycles. The SMILES string of the molecule is CCc1ccccc1-n1nccc1[B-](F)(F)F.[K+]. The van der Waals surface area contributed by atoms with Gasteiger partial charge in [-0.1, -0.05) is 31.2 Å². The van der Waals surface area contributed by atoms with Crippen LogP contribution in [0.25, 0.3) is 5.69 Å². The number of halogens is 3. The molecule has 0 atom stereocenters. The van der Waals surface area contributed by atoms with E-state index in [9.17, 15) is 12.9 Å². The van der Waals surface area contributed by atoms with Crippen molar-refractivity contribution in [3.63, 3.8) is 0 Å². The molecule has 0 radical (unpaired) electrons. The summed E-state index contributed by atoms with van der Waals surface area (Å²) < 4.78 is 39.4. The van der Waals surface area contributed by atoms with E-state index in [2.05, 4.69) is 5.10 Å². The predicted molar refractivity (Wildman–Crippen MR) is 61.7 cm³/mol. The molecule has 7 heteroatoms. The number of aromatic nitrogens is 2. The van der Waals surface area contributed by atoms with Crippen LogP contribution in [0.3, 0.4) is 0 Å². The van der Waals surface area contributed by atoms with Crippen LogP contribution in [0.1, 0.15) is 12.5 Å². The zero-order chi connectivity index (χ0) is 12.5. The summed E-state index contributed by atoms with van der Waals surface area (Å²) >= 11 is 0. The van der Waals surface area contributed by atoms with Crippen LogP contribution in [-0.2, 0) is 6.42 Å². The van der Waals surface area contributed by atoms with Crippen molar-refractivity contribution in [3.8, 4) is 5.69 Å². The first-order valence-electron chi connectivity index (χ1n) is 5.36. The molecule has 0 aliphatic rings. The molecule has 1 heterocycles. The van der Waals surface area contributed by atoms with Gasteiger partial charge in [0, 0.05) is 6.20 Å². The third kappa shape index (κ3) is 3.27. The van der Waals surface area contributed by atoms with Crippen molar-refractivity contribution in [2.75, 3.05) is 0 Å². The van der Waals surface area contributed by atoms with Gasteiger partial charge in [0.15, 0.2) is 0 Å². The summed E-state index contributed by atoms with van der Waals surface area (Å²) in [6.07, 6.45) is 1.84. The molecular weight excluding hydrogens is 267 g/mol. The van der Waals surface area contributed by atoms with Gasteiger partial charge < -0.3 is 12.9 Å². The van der Waals surface area contributed by atoms with E-state index in [-0.39, 0.29) is 51.4 Å². The average Bonchev–Trinajstić information content (AvgIpc) is 2.77. The molecule has 1 aromatic heterocycles. The third-order valence-electron chi connectivity index (χ3n) is 2.61. The van der Waals surface area contributed by atoms with E-state index < -0.39 is 12.6 Å². The summed E-state index contributed by atoms with van der Waals surface area (Å²) in [6, 6.07) is 7.99. The van der Waals surface area contributed by atoms with Gasteiger partial charge in [-0.2, -0.15) is 5.10 Å². The fraction of sp³-hybridized carbons (Fsp3) is 0.182. The van der Waals surface area contributed by atoms with E-state index in [0.29, 0.717) is 12.1 Å². The van der Waals surface area contributed by atoms with Crippen LogP contribution in [-0.4, -0.2) is 16.8 Å². The predicted octanol–water partition coefficient (Wildman–Crippen LogP) is -0.507. The van der Waals surface area contributed by atoms with Gasteiger partial charge in [0.05, 0.1) is 5.69 Å². The maximum atomic E-state index is 12.8. The number of benzene rings is 1. The molecule has 0 fully saturated rings. The second kappa shape index (κ2) is 6.38. The second-order valence-corrected chi connectivity index (χ2v) is 3.72. The molecule has 0 aliphatic carbocycles. The van der Waals surface area contributed by atoms with Crippen LogP contribution in [0.5, 0.6) is 0 Å². The van der Waals surface area contributed by atoms with Crippen LogP contribution < -0.4 is 57.0 Å². The van der Waals surface area contributed by atoms with Gasteiger partial charge in [-0.05, 0) is 23.6 Å². The van der Waals surface area contributed by atoms with Gasteiger partial charge in [0.2, 0.25) is 0 Å². The van der Waals surface area contributed by atoms with Crippen LogP contribution in [0.4, 0.5) is 12.9 Å². The summed E-state index contributed by atoms with van der Waals surface area (Å²) in [4.78, 5) is 0. The van der Waals surface area contributed by atoms with Crippen LogP contribution in [0.2, 0.25) is 0 Å². The van der Waals surface area contributed by atoms with Crippen LogP contribution in [0.15, 0.2) is 36.5 Å². The largest absolute Gasteiger partial charge is 1.00 e. The molecule has 0 spiro atoms. The van der Waals surface area contributed by atoms with E-state index in [4.69, 9.17) is 0 Å². The van der Waals surface area contributed by atoms with E-state index in [1.807, 2.05) is 19.1 Å². The molecule has 2 aromatic rings. The fourth-order valence-corrected chi connectivity index (χ4v) is 1.78. The molecule has 0 saturated heterocycles. The molecule has 1 aromatic carbocycles. The van der Waals surface area contributed by atoms with E-state index in [1.165, 1.54) is 6.20 Å². The van der Waals surface area contributed by atoms with Crippen molar-refractivity contribution >= 4 is 12.6 Å². The van der Waals surface area contributed by atoms with Crippen molar-refractivity contribution in [1.82, 2.24) is 9.78 Å². The Balaban J connectivity index is 0.00000162. The van der Waals surface area contributed by atoms with Crippen LogP contribution in [0, 0.1) is 0 Å². The summed E-state index contributed by atoms with van der Waals surface area (Å²) in [6.45, 7) is -3.14. The van der Waals surface area contributed by atoms with E-state index >= 15 is 0 Å². The number of hydrogen-bond donors (Lipinski definition) is 0. The quantitative estimate of drug-likeness (QED) is 0.692. The fourth-order valence-electron chi connectivity index (χ4n) is 1.78. The first kappa shape index (κ1) is 16.0. The van der Waals surface area contributed by atoms with E-state index in [1.54, 1.807) is 12.1 Å². The molecule has 2 rings (SSSR count). The average molecular weight is 278 g/mol. The van der Waals surface area contributed by atoms with Crippen molar-refractivity contribution < 1.29 is 64.3 Å². The summed E-state index contributed by atoms with van der Waals surface area (Å²) in [7, 11) is 0. The zero-order valence-electron chi connectivity index (χ0n) is 10.3. The number of para-hydroxylation sites is 1. The van der Waals surface area contributed by atoms with Crippen molar-refractivity contribution in [2.24, 2.45) is 0 Å². The maximum Gasteiger partial charge on any atom is 1.00 e. The Morgan fingerprint density at radius 2 is 1.83 bits per heavy atom. The van der Waals surface area contributed by atoms with E-state index in [0.717, 1.165) is 16.3 Å². The van der Waals surface area contributed by atoms with Crippen LogP contribution >= 0.6 is 0 Å². The topological polar surface area (TPSA) is 17.8 Å². The summed E-state index contributed by atoms with van der Waals surface area (Å²) in [5.41, 5.74) is 0.651. The first-order valence-corrected chi connectivity index (χ1v) is 5.36. The Morgan fingerprint density at radius 1 is 1.17 bits per heavy atom. The van der Waals surface area contributed by atoms with Crippen molar-refractivity contribution in [2.45, 2.75) is 13.3 Å². The molecule has 90 valence electrons. The third-order valence-corrected chi connectivity index (χ3v) is 2.61. The molecular formula is C11H11BF3KN2. The second-order valence-electron chi connectivity index (χ2n) is 3.72. The summed E-state index contributed by atoms with van der Waals surface area (Å²) in [5.74, 6) is 0. The number of aryl methyl sites for hydroxylation is 1. The standard InChI is InChI=1S/C11H11BF3N2.K/c1-2-9-5-3-4-6-10(9)17-11(7-8-16-17)12(13,14)15;/h3-8H,2H2,1H3;/q-1;+1. The number of nitrogens with zero attached hydrogens (tertiary/aromatic N) is 2. The number of rotatable bonds is 3. The Kier molecular flexibility index (Phi) is 5.67. The Labute approximate surface area is 146 Å². The van der Waals surface area contributed by atoms with Gasteiger partial charge in [-0.15, -0.1) is 0 Å². The van der Waals surface area contributed by atoms with Gasteiger partial charge in [0.25, 0.3) is 0 Å². The molecule has 0 N–H and O–H groups in total. The van der Waals surface area contributed by atoms with Gasteiger partial charge >= 0.3 is 58.4 Å². The molecule has 0 amide bonds. The monoisotopic (exact) mass is 278 g/mol. The number of hydrogen-bond acceptors (Lipinski definition) is 1. The van der Waals surface area contributed by atoms with Crippen molar-refractivity contribution in [3.05, 3.63) is 42.1 Å². The smallest absolute Gasteiger partial charge is 0.444 e. The molecule has 2 nitrogen and oxygen atoms in total. The van der Waals surface area contributed by atoms with Crippen molar-refractivity contribution in [1.29, 1.82) is 0 Å². The maximum absolute atomic E-state index is 12.8. The Morgan fingerprint density at radius 3 is 2.44 bits per heavy atom.